The summed E-state index contributed by atoms with van der Waals surface area (Å²) >= 11 is 5.59. The molecule has 1 saturated carbocycles. The molecule has 1 aliphatic carbocycles. The molecule has 21 heavy (non-hydrogen) atoms. The molecule has 0 saturated heterocycles. The minimum Gasteiger partial charge on any atom is -0.489 e. The summed E-state index contributed by atoms with van der Waals surface area (Å²) in [7, 11) is 0. The Morgan fingerprint density at radius 2 is 2.14 bits per heavy atom. The summed E-state index contributed by atoms with van der Waals surface area (Å²) in [6.07, 6.45) is 3.80. The largest absolute Gasteiger partial charge is 0.489 e. The van der Waals surface area contributed by atoms with Gasteiger partial charge in [0.2, 0.25) is 0 Å². The number of nitrogens with zero attached hydrogens (tertiary/aromatic N) is 1. The number of aromatic nitrogens is 2. The Morgan fingerprint density at radius 1 is 1.38 bits per heavy atom. The Bertz CT molecular complexity index is 711. The van der Waals surface area contributed by atoms with Crippen LogP contribution in [0.4, 0.5) is 0 Å². The molecular formula is C17H24N2OS. The van der Waals surface area contributed by atoms with Gasteiger partial charge in [-0.1, -0.05) is 19.9 Å². The van der Waals surface area contributed by atoms with E-state index in [-0.39, 0.29) is 6.10 Å². The van der Waals surface area contributed by atoms with Crippen molar-refractivity contribution in [1.82, 2.24) is 9.55 Å². The van der Waals surface area contributed by atoms with Gasteiger partial charge in [-0.3, -0.25) is 0 Å². The molecule has 0 radical (unpaired) electrons. The van der Waals surface area contributed by atoms with E-state index in [0.29, 0.717) is 11.5 Å². The van der Waals surface area contributed by atoms with Gasteiger partial charge >= 0.3 is 0 Å². The second kappa shape index (κ2) is 5.16. The van der Waals surface area contributed by atoms with Crippen LogP contribution >= 0.6 is 12.2 Å². The average molecular weight is 304 g/mol. The van der Waals surface area contributed by atoms with Crippen molar-refractivity contribution in [2.45, 2.75) is 59.1 Å². The Hall–Kier alpha value is -1.29. The highest BCUT2D eigenvalue weighted by Gasteiger charge is 2.33. The van der Waals surface area contributed by atoms with Crippen molar-refractivity contribution in [3.8, 4) is 5.75 Å². The topological polar surface area (TPSA) is 29.9 Å². The molecule has 1 aromatic carbocycles. The number of benzene rings is 1. The van der Waals surface area contributed by atoms with Gasteiger partial charge in [-0.2, -0.15) is 0 Å². The van der Waals surface area contributed by atoms with Crippen LogP contribution in [-0.2, 0) is 0 Å². The number of fused-ring (bicyclic) bond motifs is 1. The quantitative estimate of drug-likeness (QED) is 0.786. The van der Waals surface area contributed by atoms with Crippen LogP contribution in [0.25, 0.3) is 11.0 Å². The molecule has 0 spiro atoms. The molecule has 0 aliphatic heterocycles. The second-order valence-electron chi connectivity index (χ2n) is 7.18. The Morgan fingerprint density at radius 3 is 2.76 bits per heavy atom. The molecule has 0 amide bonds. The molecule has 1 fully saturated rings. The summed E-state index contributed by atoms with van der Waals surface area (Å²) in [4.78, 5) is 3.36. The number of aromatic amines is 1. The van der Waals surface area contributed by atoms with E-state index in [1.54, 1.807) is 0 Å². The fourth-order valence-corrected chi connectivity index (χ4v) is 3.81. The van der Waals surface area contributed by atoms with Gasteiger partial charge in [-0.05, 0) is 62.9 Å². The minimum atomic E-state index is 0.159. The highest BCUT2D eigenvalue weighted by Crippen LogP contribution is 2.45. The summed E-state index contributed by atoms with van der Waals surface area (Å²) in [6.45, 7) is 8.78. The monoisotopic (exact) mass is 304 g/mol. The number of imidazole rings is 1. The zero-order chi connectivity index (χ0) is 15.2. The second-order valence-corrected chi connectivity index (χ2v) is 7.56. The van der Waals surface area contributed by atoms with Gasteiger partial charge in [0.15, 0.2) is 4.77 Å². The van der Waals surface area contributed by atoms with E-state index in [1.165, 1.54) is 24.8 Å². The molecule has 1 aromatic heterocycles. The molecule has 1 N–H and O–H groups in total. The van der Waals surface area contributed by atoms with Crippen molar-refractivity contribution < 1.29 is 4.74 Å². The van der Waals surface area contributed by atoms with Crippen LogP contribution in [0.3, 0.4) is 0 Å². The van der Waals surface area contributed by atoms with Crippen LogP contribution in [0.1, 0.15) is 53.0 Å². The fourth-order valence-electron chi connectivity index (χ4n) is 3.46. The average Bonchev–Trinajstić information content (AvgIpc) is 2.88. The van der Waals surface area contributed by atoms with Crippen molar-refractivity contribution in [1.29, 1.82) is 0 Å². The van der Waals surface area contributed by atoms with Gasteiger partial charge in [0.1, 0.15) is 11.3 Å². The first kappa shape index (κ1) is 14.6. The lowest BCUT2D eigenvalue weighted by Crippen LogP contribution is -2.09. The number of rotatable bonds is 3. The molecule has 1 unspecified atom stereocenters. The SMILES string of the molecule is CC(C)Oc1cccc2c1[nH]c(=S)n2C1CCC(C)(C)C1. The molecule has 1 heterocycles. The highest BCUT2D eigenvalue weighted by molar-refractivity contribution is 7.71. The number of para-hydroxylation sites is 1. The van der Waals surface area contributed by atoms with Crippen LogP contribution in [0, 0.1) is 10.2 Å². The lowest BCUT2D eigenvalue weighted by atomic mass is 9.92. The Kier molecular flexibility index (Phi) is 3.60. The number of hydrogen-bond acceptors (Lipinski definition) is 2. The van der Waals surface area contributed by atoms with Crippen LogP contribution in [0.2, 0.25) is 0 Å². The zero-order valence-electron chi connectivity index (χ0n) is 13.3. The van der Waals surface area contributed by atoms with Crippen LogP contribution < -0.4 is 4.74 Å². The maximum absolute atomic E-state index is 5.91. The first-order chi connectivity index (χ1) is 9.87. The Balaban J connectivity index is 2.08. The smallest absolute Gasteiger partial charge is 0.178 e. The van der Waals surface area contributed by atoms with Crippen molar-refractivity contribution in [3.05, 3.63) is 23.0 Å². The lowest BCUT2D eigenvalue weighted by Gasteiger charge is -2.18. The van der Waals surface area contributed by atoms with E-state index in [9.17, 15) is 0 Å². The Labute approximate surface area is 131 Å². The molecule has 4 heteroatoms. The third kappa shape index (κ3) is 2.73. The van der Waals surface area contributed by atoms with Gasteiger partial charge in [0.05, 0.1) is 11.6 Å². The number of ether oxygens (including phenoxy) is 1. The molecule has 3 rings (SSSR count). The van der Waals surface area contributed by atoms with Gasteiger partial charge < -0.3 is 14.3 Å². The summed E-state index contributed by atoms with van der Waals surface area (Å²) in [6, 6.07) is 6.70. The summed E-state index contributed by atoms with van der Waals surface area (Å²) in [5, 5.41) is 0. The zero-order valence-corrected chi connectivity index (χ0v) is 14.1. The van der Waals surface area contributed by atoms with Gasteiger partial charge in [-0.15, -0.1) is 0 Å². The number of nitrogens with one attached hydrogen (secondary N) is 1. The first-order valence-electron chi connectivity index (χ1n) is 7.77. The van der Waals surface area contributed by atoms with Crippen molar-refractivity contribution in [2.24, 2.45) is 5.41 Å². The van der Waals surface area contributed by atoms with E-state index >= 15 is 0 Å². The van der Waals surface area contributed by atoms with Crippen molar-refractivity contribution >= 4 is 23.3 Å². The summed E-state index contributed by atoms with van der Waals surface area (Å²) in [5.74, 6) is 0.893. The van der Waals surface area contributed by atoms with Gasteiger partial charge in [-0.25, -0.2) is 0 Å². The molecule has 1 atom stereocenters. The first-order valence-corrected chi connectivity index (χ1v) is 8.18. The van der Waals surface area contributed by atoms with E-state index < -0.39 is 0 Å². The fraction of sp³-hybridized carbons (Fsp3) is 0.588. The normalized spacial score (nSPS) is 21.3. The standard InChI is InChI=1S/C17H24N2OS/c1-11(2)20-14-7-5-6-13-15(14)18-16(21)19(13)12-8-9-17(3,4)10-12/h5-7,11-12H,8-10H2,1-4H3,(H,18,21). The molecule has 1 aliphatic rings. The van der Waals surface area contributed by atoms with E-state index in [4.69, 9.17) is 17.0 Å². The molecular weight excluding hydrogens is 280 g/mol. The number of hydrogen-bond donors (Lipinski definition) is 1. The maximum Gasteiger partial charge on any atom is 0.178 e. The molecule has 3 nitrogen and oxygen atoms in total. The maximum atomic E-state index is 5.91. The van der Waals surface area contributed by atoms with Crippen LogP contribution in [0.5, 0.6) is 5.75 Å². The van der Waals surface area contributed by atoms with Crippen molar-refractivity contribution in [2.75, 3.05) is 0 Å². The summed E-state index contributed by atoms with van der Waals surface area (Å²) < 4.78 is 9.02. The number of H-pyrrole nitrogens is 1. The van der Waals surface area contributed by atoms with Crippen molar-refractivity contribution in [3.63, 3.8) is 0 Å². The predicted octanol–water partition coefficient (Wildman–Crippen LogP) is 5.24. The summed E-state index contributed by atoms with van der Waals surface area (Å²) in [5.41, 5.74) is 2.61. The van der Waals surface area contributed by atoms with E-state index in [0.717, 1.165) is 16.0 Å². The van der Waals surface area contributed by atoms with E-state index in [1.807, 2.05) is 19.9 Å². The minimum absolute atomic E-state index is 0.159. The lowest BCUT2D eigenvalue weighted by molar-refractivity contribution is 0.245. The predicted molar refractivity (Wildman–Crippen MR) is 89.6 cm³/mol. The third-order valence-electron chi connectivity index (χ3n) is 4.38. The third-order valence-corrected chi connectivity index (χ3v) is 4.68. The molecule has 2 aromatic rings. The molecule has 114 valence electrons. The van der Waals surface area contributed by atoms with Crippen LogP contribution in [-0.4, -0.2) is 15.7 Å². The highest BCUT2D eigenvalue weighted by atomic mass is 32.1. The van der Waals surface area contributed by atoms with E-state index in [2.05, 4.69) is 35.5 Å². The molecule has 0 bridgehead atoms. The van der Waals surface area contributed by atoms with Gasteiger partial charge in [0, 0.05) is 6.04 Å². The van der Waals surface area contributed by atoms with Crippen LogP contribution in [0.15, 0.2) is 18.2 Å². The van der Waals surface area contributed by atoms with Gasteiger partial charge in [0.25, 0.3) is 0 Å².